The van der Waals surface area contributed by atoms with Gasteiger partial charge in [-0.2, -0.15) is 13.2 Å². The lowest BCUT2D eigenvalue weighted by Gasteiger charge is -2.24. The largest absolute Gasteiger partial charge is 0.507 e. The Kier molecular flexibility index (Phi) is 10.6. The number of carboxylic acids is 1. The number of carbonyl (C=O) groups is 3. The monoisotopic (exact) mass is 618 g/mol. The van der Waals surface area contributed by atoms with Crippen LogP contribution in [0.3, 0.4) is 0 Å². The molecule has 234 valence electrons. The molecule has 45 heavy (non-hydrogen) atoms. The Balaban J connectivity index is 1.48. The number of halogens is 3. The zero-order chi connectivity index (χ0) is 32.6. The summed E-state index contributed by atoms with van der Waals surface area (Å²) in [5.41, 5.74) is 1.98. The number of hydrogen-bond donors (Lipinski definition) is 3. The Labute approximate surface area is 258 Å². The molecule has 0 aromatic heterocycles. The fourth-order valence-corrected chi connectivity index (χ4v) is 4.74. The summed E-state index contributed by atoms with van der Waals surface area (Å²) >= 11 is 0. The fraction of sp³-hybridized carbons (Fsp3) is 0.229. The van der Waals surface area contributed by atoms with Crippen molar-refractivity contribution in [1.82, 2.24) is 5.32 Å². The van der Waals surface area contributed by atoms with Gasteiger partial charge in [0.2, 0.25) is 0 Å². The van der Waals surface area contributed by atoms with Crippen LogP contribution in [-0.4, -0.2) is 28.0 Å². The maximum atomic E-state index is 13.5. The van der Waals surface area contributed by atoms with E-state index in [9.17, 15) is 37.8 Å². The van der Waals surface area contributed by atoms with E-state index in [1.54, 1.807) is 24.3 Å². The first-order valence-electron chi connectivity index (χ1n) is 14.5. The highest BCUT2D eigenvalue weighted by Gasteiger charge is 2.30. The predicted molar refractivity (Wildman–Crippen MR) is 164 cm³/mol. The van der Waals surface area contributed by atoms with Crippen LogP contribution in [-0.2, 0) is 25.7 Å². The topological polar surface area (TPSA) is 107 Å². The second-order valence-corrected chi connectivity index (χ2v) is 10.6. The lowest BCUT2D eigenvalue weighted by atomic mass is 10.1. The molecule has 0 unspecified atom stereocenters. The van der Waals surface area contributed by atoms with Crippen LogP contribution in [0.25, 0.3) is 0 Å². The fourth-order valence-electron chi connectivity index (χ4n) is 4.74. The summed E-state index contributed by atoms with van der Waals surface area (Å²) in [6.07, 6.45) is -0.0605. The van der Waals surface area contributed by atoms with Crippen molar-refractivity contribution < 1.29 is 37.8 Å². The number of aromatic hydroxyl groups is 1. The molecule has 0 radical (unpaired) electrons. The van der Waals surface area contributed by atoms with Crippen LogP contribution < -0.4 is 10.2 Å². The lowest BCUT2D eigenvalue weighted by molar-refractivity contribution is -0.137. The van der Waals surface area contributed by atoms with Crippen molar-refractivity contribution in [2.75, 3.05) is 4.90 Å². The van der Waals surface area contributed by atoms with Gasteiger partial charge >= 0.3 is 12.1 Å². The maximum absolute atomic E-state index is 13.5. The summed E-state index contributed by atoms with van der Waals surface area (Å²) in [6.45, 7) is 2.43. The highest BCUT2D eigenvalue weighted by Crippen LogP contribution is 2.31. The van der Waals surface area contributed by atoms with E-state index in [0.717, 1.165) is 61.2 Å². The number of aryl methyl sites for hydroxylation is 1. The summed E-state index contributed by atoms with van der Waals surface area (Å²) in [5.74, 6) is -2.92. The Morgan fingerprint density at radius 2 is 1.38 bits per heavy atom. The lowest BCUT2D eigenvalue weighted by Crippen LogP contribution is -2.30. The Hall–Kier alpha value is -5.12. The van der Waals surface area contributed by atoms with Gasteiger partial charge in [0.15, 0.2) is 0 Å². The molecular weight excluding hydrogens is 585 g/mol. The number of rotatable bonds is 12. The molecule has 7 nitrogen and oxygen atoms in total. The number of hydrogen-bond acceptors (Lipinski definition) is 4. The molecule has 0 saturated carbocycles. The van der Waals surface area contributed by atoms with E-state index >= 15 is 0 Å². The van der Waals surface area contributed by atoms with Gasteiger partial charge < -0.3 is 20.4 Å². The van der Waals surface area contributed by atoms with Crippen molar-refractivity contribution in [1.29, 1.82) is 0 Å². The molecule has 0 aliphatic carbocycles. The zero-order valence-corrected chi connectivity index (χ0v) is 24.6. The molecule has 0 atom stereocenters. The second-order valence-electron chi connectivity index (χ2n) is 10.6. The standard InChI is InChI=1S/C35H33F3N2O5/c1-2-3-4-5-23-6-8-24(9-7-23)21-39-32(42)26-12-10-25(11-13-26)22-40(29-18-19-30(34(44)45)31(41)20-29)33(43)27-14-16-28(17-15-27)35(36,37)38/h6-20,41H,2-5,21-22H2,1H3,(H,39,42)(H,44,45). The highest BCUT2D eigenvalue weighted by atomic mass is 19.4. The summed E-state index contributed by atoms with van der Waals surface area (Å²) in [4.78, 5) is 38.9. The van der Waals surface area contributed by atoms with Crippen LogP contribution in [0.4, 0.5) is 18.9 Å². The molecule has 4 aromatic rings. The van der Waals surface area contributed by atoms with E-state index in [1.165, 1.54) is 23.0 Å². The van der Waals surface area contributed by atoms with Gasteiger partial charge in [0, 0.05) is 29.4 Å². The molecule has 4 rings (SSSR count). The number of unbranched alkanes of at least 4 members (excludes halogenated alkanes) is 2. The van der Waals surface area contributed by atoms with E-state index < -0.39 is 29.4 Å². The molecule has 0 heterocycles. The molecule has 3 N–H and O–H groups in total. The van der Waals surface area contributed by atoms with Crippen molar-refractivity contribution >= 4 is 23.5 Å². The maximum Gasteiger partial charge on any atom is 0.416 e. The Morgan fingerprint density at radius 3 is 1.96 bits per heavy atom. The van der Waals surface area contributed by atoms with Gasteiger partial charge in [-0.3, -0.25) is 9.59 Å². The smallest absolute Gasteiger partial charge is 0.416 e. The van der Waals surface area contributed by atoms with E-state index in [1.807, 2.05) is 12.1 Å². The SMILES string of the molecule is CCCCCc1ccc(CNC(=O)c2ccc(CN(C(=O)c3ccc(C(F)(F)F)cc3)c3ccc(C(=O)O)c(O)c3)cc2)cc1. The number of carbonyl (C=O) groups excluding carboxylic acids is 2. The number of nitrogens with one attached hydrogen (secondary N) is 1. The quantitative estimate of drug-likeness (QED) is 0.142. The zero-order valence-electron chi connectivity index (χ0n) is 24.6. The predicted octanol–water partition coefficient (Wildman–Crippen LogP) is 7.62. The third-order valence-electron chi connectivity index (χ3n) is 7.33. The molecule has 4 aromatic carbocycles. The Bertz CT molecular complexity index is 1630. The first-order chi connectivity index (χ1) is 21.5. The van der Waals surface area contributed by atoms with Crippen LogP contribution >= 0.6 is 0 Å². The average Bonchev–Trinajstić information content (AvgIpc) is 3.02. The van der Waals surface area contributed by atoms with Crippen molar-refractivity contribution in [3.05, 3.63) is 130 Å². The molecule has 2 amide bonds. The number of nitrogens with zero attached hydrogens (tertiary/aromatic N) is 1. The highest BCUT2D eigenvalue weighted by molar-refractivity contribution is 6.06. The van der Waals surface area contributed by atoms with Gasteiger partial charge in [0.1, 0.15) is 11.3 Å². The molecule has 0 spiro atoms. The van der Waals surface area contributed by atoms with Crippen LogP contribution in [0.5, 0.6) is 5.75 Å². The van der Waals surface area contributed by atoms with Gasteiger partial charge in [0.25, 0.3) is 11.8 Å². The van der Waals surface area contributed by atoms with E-state index in [4.69, 9.17) is 0 Å². The molecule has 0 fully saturated rings. The third kappa shape index (κ3) is 8.72. The van der Waals surface area contributed by atoms with E-state index in [0.29, 0.717) is 17.7 Å². The van der Waals surface area contributed by atoms with E-state index in [-0.39, 0.29) is 29.3 Å². The van der Waals surface area contributed by atoms with Gasteiger partial charge in [-0.1, -0.05) is 56.2 Å². The number of amides is 2. The first kappa shape index (κ1) is 32.8. The van der Waals surface area contributed by atoms with E-state index in [2.05, 4.69) is 24.4 Å². The summed E-state index contributed by atoms with van der Waals surface area (Å²) in [7, 11) is 0. The minimum Gasteiger partial charge on any atom is -0.507 e. The summed E-state index contributed by atoms with van der Waals surface area (Å²) in [5, 5.41) is 22.4. The van der Waals surface area contributed by atoms with Crippen LogP contribution in [0.1, 0.15) is 79.5 Å². The first-order valence-corrected chi connectivity index (χ1v) is 14.5. The van der Waals surface area contributed by atoms with Gasteiger partial charge in [-0.25, -0.2) is 4.79 Å². The number of carboxylic acid groups (broad SMARTS) is 1. The van der Waals surface area contributed by atoms with Crippen molar-refractivity contribution in [3.8, 4) is 5.75 Å². The number of anilines is 1. The molecule has 0 bridgehead atoms. The molecule has 0 aliphatic heterocycles. The van der Waals surface area contributed by atoms with Crippen molar-refractivity contribution in [2.24, 2.45) is 0 Å². The minimum absolute atomic E-state index is 0.0465. The van der Waals surface area contributed by atoms with Crippen LogP contribution in [0, 0.1) is 0 Å². The van der Waals surface area contributed by atoms with Gasteiger partial charge in [-0.15, -0.1) is 0 Å². The number of phenols is 1. The van der Waals surface area contributed by atoms with Gasteiger partial charge in [-0.05, 0) is 78.1 Å². The molecule has 0 saturated heterocycles. The van der Waals surface area contributed by atoms with Crippen molar-refractivity contribution in [2.45, 2.75) is 51.9 Å². The third-order valence-corrected chi connectivity index (χ3v) is 7.33. The van der Waals surface area contributed by atoms with Crippen molar-refractivity contribution in [3.63, 3.8) is 0 Å². The second kappa shape index (κ2) is 14.6. The Morgan fingerprint density at radius 1 is 0.778 bits per heavy atom. The van der Waals surface area contributed by atoms with Crippen LogP contribution in [0.15, 0.2) is 91.0 Å². The minimum atomic E-state index is -4.58. The number of alkyl halides is 3. The number of benzene rings is 4. The summed E-state index contributed by atoms with van der Waals surface area (Å²) < 4.78 is 39.2. The van der Waals surface area contributed by atoms with Crippen LogP contribution in [0.2, 0.25) is 0 Å². The molecular formula is C35H33F3N2O5. The van der Waals surface area contributed by atoms with Gasteiger partial charge in [0.05, 0.1) is 12.1 Å². The molecule has 0 aliphatic rings. The normalized spacial score (nSPS) is 11.2. The number of aromatic carboxylic acids is 1. The molecule has 10 heteroatoms. The summed E-state index contributed by atoms with van der Waals surface area (Å²) in [6, 6.07) is 21.8. The average molecular weight is 619 g/mol.